The van der Waals surface area contributed by atoms with Gasteiger partial charge in [0.05, 0.1) is 23.0 Å². The summed E-state index contributed by atoms with van der Waals surface area (Å²) in [5.74, 6) is 2.30. The fourth-order valence-electron chi connectivity index (χ4n) is 2.68. The summed E-state index contributed by atoms with van der Waals surface area (Å²) in [4.78, 5) is 49.1. The van der Waals surface area contributed by atoms with Gasteiger partial charge in [0.1, 0.15) is 5.75 Å². The second-order valence-corrected chi connectivity index (χ2v) is 6.78. The summed E-state index contributed by atoms with van der Waals surface area (Å²) in [5, 5.41) is 0. The maximum Gasteiger partial charge on any atom is 0.339 e. The molecule has 0 spiro atoms. The van der Waals surface area contributed by atoms with Crippen LogP contribution in [0, 0.1) is 48.9 Å². The second kappa shape index (κ2) is 14.0. The predicted octanol–water partition coefficient (Wildman–Crippen LogP) is 2.40. The Morgan fingerprint density at radius 2 is 1.30 bits per heavy atom. The summed E-state index contributed by atoms with van der Waals surface area (Å²) in [5.41, 5.74) is -0.162. The van der Waals surface area contributed by atoms with Crippen LogP contribution >= 0.6 is 0 Å². The van der Waals surface area contributed by atoms with Gasteiger partial charge in [-0.1, -0.05) is 31.6 Å². The van der Waals surface area contributed by atoms with Gasteiger partial charge < -0.3 is 18.9 Å². The zero-order chi connectivity index (χ0) is 24.8. The van der Waals surface area contributed by atoms with Crippen LogP contribution in [0.4, 0.5) is 0 Å². The third-order valence-electron chi connectivity index (χ3n) is 4.33. The Morgan fingerprint density at radius 1 is 0.818 bits per heavy atom. The molecule has 1 rings (SSSR count). The lowest BCUT2D eigenvalue weighted by Gasteiger charge is -2.18. The average molecular weight is 452 g/mol. The van der Waals surface area contributed by atoms with E-state index in [4.69, 9.17) is 38.2 Å². The molecule has 2 unspecified atom stereocenters. The molecule has 8 nitrogen and oxygen atoms in total. The van der Waals surface area contributed by atoms with E-state index < -0.39 is 35.7 Å². The van der Waals surface area contributed by atoms with Crippen molar-refractivity contribution in [2.75, 3.05) is 19.8 Å². The maximum atomic E-state index is 12.7. The van der Waals surface area contributed by atoms with Gasteiger partial charge in [0.15, 0.2) is 19.8 Å². The maximum absolute atomic E-state index is 12.7. The van der Waals surface area contributed by atoms with Crippen molar-refractivity contribution in [1.82, 2.24) is 0 Å². The lowest BCUT2D eigenvalue weighted by atomic mass is 9.94. The molecule has 2 atom stereocenters. The van der Waals surface area contributed by atoms with Gasteiger partial charge in [0.25, 0.3) is 0 Å². The van der Waals surface area contributed by atoms with Crippen LogP contribution in [-0.2, 0) is 23.8 Å². The molecule has 8 heteroatoms. The number of carbonyl (C=O) groups is 4. The molecule has 0 aliphatic heterocycles. The highest BCUT2D eigenvalue weighted by Gasteiger charge is 2.26. The molecule has 172 valence electrons. The van der Waals surface area contributed by atoms with Crippen molar-refractivity contribution in [2.24, 2.45) is 11.8 Å². The van der Waals surface area contributed by atoms with E-state index in [1.807, 2.05) is 0 Å². The molecule has 1 aromatic carbocycles. The van der Waals surface area contributed by atoms with E-state index in [0.717, 1.165) is 0 Å². The molecule has 0 heterocycles. The van der Waals surface area contributed by atoms with E-state index in [2.05, 4.69) is 17.8 Å². The Labute approximate surface area is 192 Å². The van der Waals surface area contributed by atoms with Crippen LogP contribution in [0.2, 0.25) is 0 Å². The average Bonchev–Trinajstić information content (AvgIpc) is 2.81. The minimum Gasteiger partial charge on any atom is -0.452 e. The van der Waals surface area contributed by atoms with Crippen LogP contribution in [0.5, 0.6) is 5.75 Å². The summed E-state index contributed by atoms with van der Waals surface area (Å²) in [6, 6.07) is 3.66. The van der Waals surface area contributed by atoms with E-state index in [1.54, 1.807) is 13.8 Å². The van der Waals surface area contributed by atoms with Gasteiger partial charge in [0.2, 0.25) is 0 Å². The molecule has 0 aromatic heterocycles. The SMILES string of the molecule is C#CCOC(=O)c1cc(OC(=O)C(CC)CC(C)C(=O)OCC#C)cc(C(=O)OCC#C)c1. The number of benzene rings is 1. The second-order valence-electron chi connectivity index (χ2n) is 6.78. The topological polar surface area (TPSA) is 105 Å². The van der Waals surface area contributed by atoms with Crippen LogP contribution in [0.1, 0.15) is 47.4 Å². The molecule has 33 heavy (non-hydrogen) atoms. The molecule has 0 amide bonds. The zero-order valence-corrected chi connectivity index (χ0v) is 18.4. The molecule has 0 saturated heterocycles. The highest BCUT2D eigenvalue weighted by molar-refractivity contribution is 5.96. The normalized spacial score (nSPS) is 11.5. The van der Waals surface area contributed by atoms with E-state index >= 15 is 0 Å². The Kier molecular flexibility index (Phi) is 11.3. The van der Waals surface area contributed by atoms with E-state index in [-0.39, 0.29) is 43.1 Å². The summed E-state index contributed by atoms with van der Waals surface area (Å²) >= 11 is 0. The fourth-order valence-corrected chi connectivity index (χ4v) is 2.68. The van der Waals surface area contributed by atoms with Crippen LogP contribution in [0.3, 0.4) is 0 Å². The molecular formula is C25H24O8. The summed E-state index contributed by atoms with van der Waals surface area (Å²) in [7, 11) is 0. The molecule has 0 bridgehead atoms. The van der Waals surface area contributed by atoms with Gasteiger partial charge in [-0.25, -0.2) is 9.59 Å². The highest BCUT2D eigenvalue weighted by atomic mass is 16.5. The van der Waals surface area contributed by atoms with Crippen molar-refractivity contribution in [1.29, 1.82) is 0 Å². The summed E-state index contributed by atoms with van der Waals surface area (Å²) in [6.45, 7) is 2.63. The number of ether oxygens (including phenoxy) is 4. The molecule has 0 N–H and O–H groups in total. The minimum absolute atomic E-state index is 0.0810. The molecule has 0 aliphatic carbocycles. The van der Waals surface area contributed by atoms with Crippen LogP contribution in [-0.4, -0.2) is 43.7 Å². The van der Waals surface area contributed by atoms with Crippen LogP contribution in [0.25, 0.3) is 0 Å². The number of terminal acetylenes is 3. The predicted molar refractivity (Wildman–Crippen MR) is 118 cm³/mol. The number of rotatable bonds is 11. The molecule has 1 aromatic rings. The smallest absolute Gasteiger partial charge is 0.339 e. The monoisotopic (exact) mass is 452 g/mol. The minimum atomic E-state index is -0.825. The number of hydrogen-bond acceptors (Lipinski definition) is 8. The van der Waals surface area contributed by atoms with Crippen molar-refractivity contribution in [2.45, 2.75) is 26.7 Å². The third kappa shape index (κ3) is 8.81. The molecule has 0 saturated carbocycles. The van der Waals surface area contributed by atoms with Crippen molar-refractivity contribution in [3.05, 3.63) is 29.3 Å². The van der Waals surface area contributed by atoms with Gasteiger partial charge in [-0.3, -0.25) is 9.59 Å². The zero-order valence-electron chi connectivity index (χ0n) is 18.4. The Hall–Kier alpha value is -4.22. The number of hydrogen-bond donors (Lipinski definition) is 0. The number of esters is 4. The fraction of sp³-hybridized carbons (Fsp3) is 0.360. The van der Waals surface area contributed by atoms with Crippen molar-refractivity contribution in [3.63, 3.8) is 0 Å². The highest BCUT2D eigenvalue weighted by Crippen LogP contribution is 2.23. The van der Waals surface area contributed by atoms with Gasteiger partial charge in [0, 0.05) is 0 Å². The van der Waals surface area contributed by atoms with Crippen molar-refractivity contribution < 1.29 is 38.1 Å². The first-order valence-electron chi connectivity index (χ1n) is 9.95. The van der Waals surface area contributed by atoms with E-state index in [1.165, 1.54) is 18.2 Å². The first-order valence-corrected chi connectivity index (χ1v) is 9.95. The Bertz CT molecular complexity index is 954. The first-order chi connectivity index (χ1) is 15.8. The quantitative estimate of drug-likeness (QED) is 0.218. The first kappa shape index (κ1) is 26.8. The van der Waals surface area contributed by atoms with Crippen LogP contribution in [0.15, 0.2) is 18.2 Å². The Balaban J connectivity index is 3.09. The summed E-state index contributed by atoms with van der Waals surface area (Å²) < 4.78 is 20.0. The van der Waals surface area contributed by atoms with Gasteiger partial charge >= 0.3 is 23.9 Å². The third-order valence-corrected chi connectivity index (χ3v) is 4.33. The van der Waals surface area contributed by atoms with E-state index in [9.17, 15) is 19.2 Å². The van der Waals surface area contributed by atoms with Gasteiger partial charge in [-0.15, -0.1) is 19.3 Å². The standard InChI is InChI=1S/C25H24O8/c1-6-10-30-22(26)17(5)13-18(9-4)25(29)33-21-15-19(23(27)31-11-7-2)14-20(16-21)24(28)32-12-8-3/h1-3,14-18H,9-13H2,4-5H3. The van der Waals surface area contributed by atoms with Crippen molar-refractivity contribution >= 4 is 23.9 Å². The van der Waals surface area contributed by atoms with E-state index in [0.29, 0.717) is 6.42 Å². The largest absolute Gasteiger partial charge is 0.452 e. The molecule has 0 radical (unpaired) electrons. The van der Waals surface area contributed by atoms with Gasteiger partial charge in [-0.2, -0.15) is 0 Å². The summed E-state index contributed by atoms with van der Waals surface area (Å²) in [6.07, 6.45) is 15.8. The lowest BCUT2D eigenvalue weighted by Crippen LogP contribution is -2.26. The molecule has 0 aliphatic rings. The van der Waals surface area contributed by atoms with Crippen LogP contribution < -0.4 is 4.74 Å². The van der Waals surface area contributed by atoms with Gasteiger partial charge in [-0.05, 0) is 31.0 Å². The lowest BCUT2D eigenvalue weighted by molar-refractivity contribution is -0.148. The van der Waals surface area contributed by atoms with Crippen molar-refractivity contribution in [3.8, 4) is 42.8 Å². The molecule has 0 fully saturated rings. The molecular weight excluding hydrogens is 428 g/mol. The number of carbonyl (C=O) groups excluding carboxylic acids is 4. The Morgan fingerprint density at radius 3 is 1.76 bits per heavy atom.